The Balaban J connectivity index is 1.41. The van der Waals surface area contributed by atoms with Crippen LogP contribution in [0, 0.1) is 5.92 Å². The molecule has 0 spiro atoms. The number of carbonyl (C=O) groups excluding carboxylic acids is 2. The van der Waals surface area contributed by atoms with E-state index in [0.29, 0.717) is 23.4 Å². The highest BCUT2D eigenvalue weighted by Crippen LogP contribution is 2.50. The van der Waals surface area contributed by atoms with E-state index in [2.05, 4.69) is 21.3 Å². The topological polar surface area (TPSA) is 115 Å². The number of halogens is 4. The van der Waals surface area contributed by atoms with Gasteiger partial charge >= 0.3 is 12.2 Å². The van der Waals surface area contributed by atoms with Gasteiger partial charge in [-0.1, -0.05) is 12.1 Å². The van der Waals surface area contributed by atoms with Crippen LogP contribution >= 0.6 is 0 Å². The Labute approximate surface area is 217 Å². The van der Waals surface area contributed by atoms with Gasteiger partial charge in [-0.25, -0.2) is 10.2 Å². The average Bonchev–Trinajstić information content (AvgIpc) is 3.50. The maximum atomic E-state index is 14.2. The fourth-order valence-electron chi connectivity index (χ4n) is 4.30. The third kappa shape index (κ3) is 8.05. The Bertz CT molecular complexity index is 1150. The fourth-order valence-corrected chi connectivity index (χ4v) is 4.30. The maximum Gasteiger partial charge on any atom is 0.408 e. The molecule has 3 rings (SSSR count). The molecule has 1 saturated carbocycles. The van der Waals surface area contributed by atoms with Crippen molar-refractivity contribution in [3.63, 3.8) is 0 Å². The van der Waals surface area contributed by atoms with Gasteiger partial charge in [0.2, 0.25) is 11.9 Å². The second-order valence-electron chi connectivity index (χ2n) is 9.40. The van der Waals surface area contributed by atoms with E-state index in [0.717, 1.165) is 47.5 Å². The first-order chi connectivity index (χ1) is 17.9. The molecular formula is C24H33F4N7O3. The Kier molecular flexibility index (Phi) is 9.55. The lowest BCUT2D eigenvalue weighted by Gasteiger charge is -2.33. The molecule has 2 aromatic rings. The van der Waals surface area contributed by atoms with Gasteiger partial charge < -0.3 is 10.0 Å². The number of amides is 3. The number of imide groups is 1. The number of hydrogen-bond donors (Lipinski definition) is 4. The van der Waals surface area contributed by atoms with Crippen molar-refractivity contribution in [1.82, 2.24) is 35.7 Å². The van der Waals surface area contributed by atoms with Crippen molar-refractivity contribution in [3.05, 3.63) is 42.1 Å². The highest BCUT2D eigenvalue weighted by Gasteiger charge is 2.38. The summed E-state index contributed by atoms with van der Waals surface area (Å²) in [6, 6.07) is 4.72. The molecule has 14 heteroatoms. The molecule has 1 aliphatic carbocycles. The van der Waals surface area contributed by atoms with Crippen LogP contribution in [0.4, 0.5) is 22.4 Å². The van der Waals surface area contributed by atoms with Gasteiger partial charge in [-0.05, 0) is 49.7 Å². The molecule has 0 radical (unpaired) electrons. The summed E-state index contributed by atoms with van der Waals surface area (Å²) in [6.45, 7) is 1.41. The van der Waals surface area contributed by atoms with Crippen LogP contribution in [0.5, 0.6) is 0 Å². The van der Waals surface area contributed by atoms with Crippen LogP contribution in [0.15, 0.2) is 36.5 Å². The van der Waals surface area contributed by atoms with Crippen molar-refractivity contribution in [2.24, 2.45) is 5.92 Å². The molecule has 0 saturated heterocycles. The zero-order valence-corrected chi connectivity index (χ0v) is 21.4. The molecule has 1 heterocycles. The molecule has 38 heavy (non-hydrogen) atoms. The molecule has 3 atom stereocenters. The minimum atomic E-state index is -4.34. The zero-order valence-electron chi connectivity index (χ0n) is 21.4. The monoisotopic (exact) mass is 543 g/mol. The largest absolute Gasteiger partial charge is 0.408 e. The van der Waals surface area contributed by atoms with Gasteiger partial charge in [-0.2, -0.15) is 22.7 Å². The highest BCUT2D eigenvalue weighted by molar-refractivity contribution is 5.93. The van der Waals surface area contributed by atoms with Gasteiger partial charge in [0.25, 0.3) is 0 Å². The highest BCUT2D eigenvalue weighted by atomic mass is 19.4. The number of nitrogens with zero attached hydrogens (tertiary/aromatic N) is 4. The number of hydrazine groups is 1. The molecule has 1 aliphatic rings. The van der Waals surface area contributed by atoms with Gasteiger partial charge in [0.1, 0.15) is 19.4 Å². The number of carbonyl (C=O) groups is 2. The molecule has 210 valence electrons. The van der Waals surface area contributed by atoms with Crippen LogP contribution in [0.1, 0.15) is 44.6 Å². The van der Waals surface area contributed by atoms with E-state index in [1.165, 1.54) is 18.1 Å². The number of aliphatic hydroxyl groups is 1. The van der Waals surface area contributed by atoms with Crippen LogP contribution in [0.25, 0.3) is 10.9 Å². The SMILES string of the molecule is CC(=O)NC(=O)N(CO)C(C)N(C)/C=C(/F)NNCCC[C@@H]1C[C@H]1c1ccc2cnn(CC(F)(F)F)c2c1. The van der Waals surface area contributed by atoms with E-state index < -0.39 is 43.5 Å². The molecule has 3 amide bonds. The summed E-state index contributed by atoms with van der Waals surface area (Å²) < 4.78 is 53.6. The third-order valence-corrected chi connectivity index (χ3v) is 6.49. The number of urea groups is 1. The predicted molar refractivity (Wildman–Crippen MR) is 132 cm³/mol. The lowest BCUT2D eigenvalue weighted by molar-refractivity contribution is -0.141. The van der Waals surface area contributed by atoms with Crippen LogP contribution in [0.3, 0.4) is 0 Å². The summed E-state index contributed by atoms with van der Waals surface area (Å²) >= 11 is 0. The predicted octanol–water partition coefficient (Wildman–Crippen LogP) is 3.13. The fraction of sp³-hybridized carbons (Fsp3) is 0.542. The molecule has 1 aromatic heterocycles. The van der Waals surface area contributed by atoms with E-state index in [1.807, 2.05) is 6.07 Å². The molecule has 1 unspecified atom stereocenters. The normalized spacial score (nSPS) is 18.3. The Hall–Kier alpha value is -3.39. The van der Waals surface area contributed by atoms with Gasteiger partial charge in [-0.3, -0.25) is 25.1 Å². The van der Waals surface area contributed by atoms with Crippen LogP contribution in [0.2, 0.25) is 0 Å². The maximum absolute atomic E-state index is 14.2. The number of fused-ring (bicyclic) bond motifs is 1. The summed E-state index contributed by atoms with van der Waals surface area (Å²) in [7, 11) is 1.51. The Morgan fingerprint density at radius 2 is 2.08 bits per heavy atom. The van der Waals surface area contributed by atoms with Crippen LogP contribution < -0.4 is 16.2 Å². The number of alkyl halides is 3. The van der Waals surface area contributed by atoms with Gasteiger partial charge in [0, 0.05) is 25.9 Å². The van der Waals surface area contributed by atoms with Crippen molar-refractivity contribution in [2.75, 3.05) is 20.3 Å². The standard InChI is InChI=1S/C24H33F4N7O3/c1-15(37)31-23(38)34(14-36)16(2)33(3)12-22(25)32-29-8-4-5-17-9-20(17)18-6-7-19-11-30-35(21(19)10-18)13-24(26,27)28/h6-7,10-12,16-17,20,29,32,36H,4-5,8-9,13-14H2,1-3H3,(H,31,37,38)/b22-12-/t16?,17-,20-/m1/s1. The van der Waals surface area contributed by atoms with E-state index in [1.54, 1.807) is 19.1 Å². The summed E-state index contributed by atoms with van der Waals surface area (Å²) in [5.41, 5.74) is 6.68. The smallest absolute Gasteiger partial charge is 0.376 e. The first-order valence-electron chi connectivity index (χ1n) is 12.2. The second-order valence-corrected chi connectivity index (χ2v) is 9.40. The van der Waals surface area contributed by atoms with E-state index >= 15 is 0 Å². The summed E-state index contributed by atoms with van der Waals surface area (Å²) in [5, 5.41) is 16.0. The van der Waals surface area contributed by atoms with Crippen molar-refractivity contribution in [3.8, 4) is 0 Å². The number of aliphatic hydroxyl groups excluding tert-OH is 1. The van der Waals surface area contributed by atoms with Crippen LogP contribution in [-0.2, 0) is 11.3 Å². The molecule has 4 N–H and O–H groups in total. The van der Waals surface area contributed by atoms with Gasteiger partial charge in [0.05, 0.1) is 17.9 Å². The third-order valence-electron chi connectivity index (χ3n) is 6.49. The van der Waals surface area contributed by atoms with E-state index in [4.69, 9.17) is 0 Å². The molecule has 0 bridgehead atoms. The minimum absolute atomic E-state index is 0.281. The number of benzene rings is 1. The van der Waals surface area contributed by atoms with Gasteiger partial charge in [-0.15, -0.1) is 0 Å². The van der Waals surface area contributed by atoms with E-state index in [-0.39, 0.29) is 5.92 Å². The molecular weight excluding hydrogens is 510 g/mol. The summed E-state index contributed by atoms with van der Waals surface area (Å²) in [6.07, 6.45) is 0.0367. The Morgan fingerprint density at radius 1 is 1.34 bits per heavy atom. The van der Waals surface area contributed by atoms with Crippen molar-refractivity contribution < 1.29 is 32.3 Å². The zero-order chi connectivity index (χ0) is 28.0. The molecule has 0 aliphatic heterocycles. The quantitative estimate of drug-likeness (QED) is 0.107. The van der Waals surface area contributed by atoms with Gasteiger partial charge in [0.15, 0.2) is 0 Å². The number of hydrogen-bond acceptors (Lipinski definition) is 7. The van der Waals surface area contributed by atoms with Crippen molar-refractivity contribution >= 4 is 22.8 Å². The van der Waals surface area contributed by atoms with Crippen LogP contribution in [-0.4, -0.2) is 69.3 Å². The Morgan fingerprint density at radius 3 is 2.74 bits per heavy atom. The van der Waals surface area contributed by atoms with E-state index in [9.17, 15) is 32.3 Å². The average molecular weight is 544 g/mol. The first kappa shape index (κ1) is 29.2. The summed E-state index contributed by atoms with van der Waals surface area (Å²) in [5.74, 6) is -0.602. The summed E-state index contributed by atoms with van der Waals surface area (Å²) in [4.78, 5) is 25.3. The molecule has 1 fully saturated rings. The lowest BCUT2D eigenvalue weighted by Crippen LogP contribution is -2.51. The number of rotatable bonds is 12. The molecule has 1 aromatic carbocycles. The van der Waals surface area contributed by atoms with Crippen molar-refractivity contribution in [1.29, 1.82) is 0 Å². The first-order valence-corrected chi connectivity index (χ1v) is 12.2. The van der Waals surface area contributed by atoms with Crippen molar-refractivity contribution in [2.45, 2.75) is 57.9 Å². The second kappa shape index (κ2) is 12.4. The lowest BCUT2D eigenvalue weighted by atomic mass is 10.1. The minimum Gasteiger partial charge on any atom is -0.376 e. The number of aromatic nitrogens is 2. The molecule has 10 nitrogen and oxygen atoms in total. The number of nitrogens with one attached hydrogen (secondary N) is 3.